The summed E-state index contributed by atoms with van der Waals surface area (Å²) in [5.74, 6) is -7.20. The monoisotopic (exact) mass is 677 g/mol. The largest absolute Gasteiger partial charge is 0.505 e. The summed E-state index contributed by atoms with van der Waals surface area (Å²) in [4.78, 5) is 2.24. The van der Waals surface area contributed by atoms with Crippen LogP contribution in [-0.2, 0) is 16.3 Å². The third kappa shape index (κ3) is 9.71. The minimum Gasteiger partial charge on any atom is -0.505 e. The van der Waals surface area contributed by atoms with Gasteiger partial charge in [-0.15, -0.1) is 0 Å². The van der Waals surface area contributed by atoms with Gasteiger partial charge in [0, 0.05) is 12.5 Å². The average molecular weight is 678 g/mol. The maximum Gasteiger partial charge on any atom is 0.453 e. The molecule has 1 atom stereocenters. The molecule has 256 valence electrons. The lowest BCUT2D eigenvalue weighted by atomic mass is 9.89. The van der Waals surface area contributed by atoms with Crippen molar-refractivity contribution in [2.45, 2.75) is 102 Å². The Balaban J connectivity index is 1.27. The number of allylic oxidation sites excluding steroid dienone is 2. The third-order valence-electron chi connectivity index (χ3n) is 9.17. The number of phenolic OH excluding ortho intramolecular Hbond substituents is 1. The van der Waals surface area contributed by atoms with Crippen molar-refractivity contribution in [2.24, 2.45) is 0 Å². The molecule has 4 rings (SSSR count). The van der Waals surface area contributed by atoms with Gasteiger partial charge in [0.15, 0.2) is 11.6 Å². The highest BCUT2D eigenvalue weighted by Gasteiger charge is 2.56. The lowest BCUT2D eigenvalue weighted by molar-refractivity contribution is -0.284. The molecule has 0 saturated carbocycles. The molecule has 1 N–H and O–H groups in total. The molecule has 2 aromatic rings. The predicted octanol–water partition coefficient (Wildman–Crippen LogP) is 9.12. The van der Waals surface area contributed by atoms with Crippen LogP contribution in [0.2, 0.25) is 0 Å². The number of aryl methyl sites for hydroxylation is 1. The molecule has 2 aromatic carbocycles. The van der Waals surface area contributed by atoms with Crippen molar-refractivity contribution in [3.8, 4) is 5.75 Å². The number of hydrogen-bond acceptors (Lipinski definition) is 4. The van der Waals surface area contributed by atoms with Crippen LogP contribution in [0, 0.1) is 11.6 Å². The van der Waals surface area contributed by atoms with Gasteiger partial charge in [-0.3, -0.25) is 0 Å². The normalized spacial score (nSPS) is 18.2. The van der Waals surface area contributed by atoms with E-state index in [4.69, 9.17) is 0 Å². The summed E-state index contributed by atoms with van der Waals surface area (Å²) in [6.45, 7) is 1.60. The number of unbranched alkanes of at least 4 members (excludes halogenated alkanes) is 3. The second-order valence-electron chi connectivity index (χ2n) is 12.5. The molecule has 12 heteroatoms. The fraction of sp³-hybridized carbons (Fsp3) is 0.588. The van der Waals surface area contributed by atoms with Crippen molar-refractivity contribution in [2.75, 3.05) is 24.6 Å². The molecule has 0 radical (unpaired) electrons. The quantitative estimate of drug-likeness (QED) is 0.151. The van der Waals surface area contributed by atoms with E-state index in [-0.39, 0.29) is 23.4 Å². The van der Waals surface area contributed by atoms with Crippen LogP contribution in [0.25, 0.3) is 11.1 Å². The van der Waals surface area contributed by atoms with Crippen LogP contribution in [0.1, 0.15) is 93.7 Å². The number of fused-ring (bicyclic) bond motifs is 1. The van der Waals surface area contributed by atoms with E-state index in [2.05, 4.69) is 4.90 Å². The molecule has 1 aliphatic carbocycles. The highest BCUT2D eigenvalue weighted by atomic mass is 32.2. The summed E-state index contributed by atoms with van der Waals surface area (Å²) in [7, 11) is -3.75. The number of rotatable bonds is 15. The fourth-order valence-corrected chi connectivity index (χ4v) is 8.10. The molecule has 1 heterocycles. The number of sulfone groups is 1. The van der Waals surface area contributed by atoms with Crippen LogP contribution in [0.3, 0.4) is 0 Å². The Labute approximate surface area is 266 Å². The number of aromatic hydroxyl groups is 1. The molecule has 0 spiro atoms. The molecule has 1 fully saturated rings. The van der Waals surface area contributed by atoms with E-state index in [1.807, 2.05) is 0 Å². The first-order valence-corrected chi connectivity index (χ1v) is 17.9. The Morgan fingerprint density at radius 2 is 1.59 bits per heavy atom. The van der Waals surface area contributed by atoms with E-state index >= 15 is 0 Å². The Bertz CT molecular complexity index is 1460. The highest BCUT2D eigenvalue weighted by Crippen LogP contribution is 2.41. The SMILES string of the molecule is O=S(=O)(CCCC(F)(F)C(F)(F)F)CC[C@H]1CCCN1CCCCCCC1=C(c2ccc(F)cc2)CCCc2cc(O)c(F)cc21. The second-order valence-corrected chi connectivity index (χ2v) is 14.8. The number of nitrogens with zero attached hydrogens (tertiary/aromatic N) is 1. The van der Waals surface area contributed by atoms with Gasteiger partial charge in [-0.2, -0.15) is 22.0 Å². The van der Waals surface area contributed by atoms with Crippen molar-refractivity contribution in [1.82, 2.24) is 4.90 Å². The van der Waals surface area contributed by atoms with Gasteiger partial charge in [-0.05, 0) is 129 Å². The first-order chi connectivity index (χ1) is 21.7. The Morgan fingerprint density at radius 3 is 2.30 bits per heavy atom. The summed E-state index contributed by atoms with van der Waals surface area (Å²) >= 11 is 0. The predicted molar refractivity (Wildman–Crippen MR) is 165 cm³/mol. The van der Waals surface area contributed by atoms with Gasteiger partial charge in [0.2, 0.25) is 0 Å². The zero-order valence-electron chi connectivity index (χ0n) is 25.8. The van der Waals surface area contributed by atoms with Gasteiger partial charge in [0.1, 0.15) is 15.7 Å². The van der Waals surface area contributed by atoms with Crippen LogP contribution < -0.4 is 0 Å². The van der Waals surface area contributed by atoms with E-state index in [0.29, 0.717) is 19.3 Å². The number of phenols is 1. The number of hydrogen-bond donors (Lipinski definition) is 1. The van der Waals surface area contributed by atoms with Crippen molar-refractivity contribution < 1.29 is 44.3 Å². The van der Waals surface area contributed by atoms with Crippen molar-refractivity contribution in [3.05, 3.63) is 64.7 Å². The minimum absolute atomic E-state index is 0.0311. The van der Waals surface area contributed by atoms with Gasteiger partial charge in [0.25, 0.3) is 0 Å². The molecule has 0 unspecified atom stereocenters. The van der Waals surface area contributed by atoms with E-state index in [9.17, 15) is 44.3 Å². The Hall–Kier alpha value is -2.60. The van der Waals surface area contributed by atoms with Crippen LogP contribution >= 0.6 is 0 Å². The Morgan fingerprint density at radius 1 is 0.870 bits per heavy atom. The maximum atomic E-state index is 14.5. The molecule has 2 aliphatic rings. The zero-order chi connectivity index (χ0) is 33.5. The topological polar surface area (TPSA) is 57.6 Å². The van der Waals surface area contributed by atoms with Crippen LogP contribution in [0.4, 0.5) is 30.7 Å². The first kappa shape index (κ1) is 36.2. The van der Waals surface area contributed by atoms with Crippen molar-refractivity contribution in [1.29, 1.82) is 0 Å². The molecular weight excluding hydrogens is 635 g/mol. The first-order valence-electron chi connectivity index (χ1n) is 16.1. The van der Waals surface area contributed by atoms with E-state index in [0.717, 1.165) is 92.3 Å². The molecule has 46 heavy (non-hydrogen) atoms. The van der Waals surface area contributed by atoms with Gasteiger partial charge in [0.05, 0.1) is 11.5 Å². The standard InChI is InChI=1S/C34H42F7NO3S/c35-26-14-12-24(13-15-26)28-11-5-8-25-22-32(43)31(36)23-30(25)29(28)10-3-1-2-4-18-42-19-6-9-27(42)16-21-46(44,45)20-7-17-33(37,38)34(39,40)41/h12-15,22-23,27,43H,1-11,16-21H2/t27-/m1/s1. The lowest BCUT2D eigenvalue weighted by Gasteiger charge is -2.24. The molecular formula is C34H42F7NO3S. The molecule has 4 nitrogen and oxygen atoms in total. The lowest BCUT2D eigenvalue weighted by Crippen LogP contribution is -2.36. The third-order valence-corrected chi connectivity index (χ3v) is 10.9. The summed E-state index contributed by atoms with van der Waals surface area (Å²) in [6, 6.07) is 9.27. The summed E-state index contributed by atoms with van der Waals surface area (Å²) in [5, 5.41) is 9.98. The molecule has 0 aromatic heterocycles. The second kappa shape index (κ2) is 15.5. The summed E-state index contributed by atoms with van der Waals surface area (Å²) in [5.41, 5.74) is 4.66. The van der Waals surface area contributed by atoms with Crippen LogP contribution in [-0.4, -0.2) is 61.2 Å². The summed E-state index contributed by atoms with van der Waals surface area (Å²) < 4.78 is 116. The number of likely N-dealkylation sites (tertiary alicyclic amines) is 1. The number of halogens is 7. The van der Waals surface area contributed by atoms with Crippen molar-refractivity contribution in [3.63, 3.8) is 0 Å². The molecule has 0 bridgehead atoms. The van der Waals surface area contributed by atoms with Crippen LogP contribution in [0.15, 0.2) is 36.4 Å². The van der Waals surface area contributed by atoms with E-state index < -0.39 is 46.3 Å². The zero-order valence-corrected chi connectivity index (χ0v) is 26.6. The average Bonchev–Trinajstić information content (AvgIpc) is 3.36. The van der Waals surface area contributed by atoms with Gasteiger partial charge >= 0.3 is 12.1 Å². The molecule has 1 saturated heterocycles. The Kier molecular flexibility index (Phi) is 12.2. The molecule has 0 amide bonds. The maximum absolute atomic E-state index is 14.5. The number of benzene rings is 2. The summed E-state index contributed by atoms with van der Waals surface area (Å²) in [6.07, 6.45) is 0.614. The van der Waals surface area contributed by atoms with Crippen LogP contribution in [0.5, 0.6) is 5.75 Å². The van der Waals surface area contributed by atoms with E-state index in [1.54, 1.807) is 12.1 Å². The van der Waals surface area contributed by atoms with Gasteiger partial charge in [-0.1, -0.05) is 25.0 Å². The highest BCUT2D eigenvalue weighted by molar-refractivity contribution is 7.91. The van der Waals surface area contributed by atoms with E-state index in [1.165, 1.54) is 24.3 Å². The minimum atomic E-state index is -5.68. The molecule has 1 aliphatic heterocycles. The number of alkyl halides is 5. The van der Waals surface area contributed by atoms with Gasteiger partial charge < -0.3 is 10.0 Å². The van der Waals surface area contributed by atoms with Gasteiger partial charge in [-0.25, -0.2) is 17.2 Å². The van der Waals surface area contributed by atoms with Crippen molar-refractivity contribution >= 4 is 21.0 Å². The smallest absolute Gasteiger partial charge is 0.453 e. The fourth-order valence-electron chi connectivity index (χ4n) is 6.68.